The first-order valence-corrected chi connectivity index (χ1v) is 15.0. The van der Waals surface area contributed by atoms with E-state index < -0.39 is 57.2 Å². The van der Waals surface area contributed by atoms with Gasteiger partial charge in [0.2, 0.25) is 0 Å². The average molecular weight is 643 g/mol. The Kier molecular flexibility index (Phi) is 12.5. The molecule has 2 atom stereocenters. The summed E-state index contributed by atoms with van der Waals surface area (Å²) in [5.41, 5.74) is -3.94. The van der Waals surface area contributed by atoms with E-state index in [0.717, 1.165) is 0 Å². The lowest BCUT2D eigenvalue weighted by Crippen LogP contribution is -2.50. The van der Waals surface area contributed by atoms with E-state index in [1.165, 1.54) is 24.3 Å². The molecule has 0 saturated heterocycles. The second-order valence-electron chi connectivity index (χ2n) is 14.0. The topological polar surface area (TPSA) is 160 Å². The van der Waals surface area contributed by atoms with Gasteiger partial charge in [-0.2, -0.15) is 0 Å². The maximum atomic E-state index is 14.1. The number of hydrogen-bond acceptors (Lipinski definition) is 10. The van der Waals surface area contributed by atoms with E-state index in [9.17, 15) is 29.3 Å². The number of nitrogens with one attached hydrogen (secondary N) is 1. The number of ether oxygens (including phenoxy) is 4. The molecule has 0 aromatic heterocycles. The van der Waals surface area contributed by atoms with E-state index in [0.29, 0.717) is 11.1 Å². The fourth-order valence-electron chi connectivity index (χ4n) is 4.30. The van der Waals surface area contributed by atoms with Gasteiger partial charge in [0.15, 0.2) is 5.41 Å². The molecule has 12 nitrogen and oxygen atoms in total. The van der Waals surface area contributed by atoms with Crippen molar-refractivity contribution in [3.8, 4) is 0 Å². The first kappa shape index (κ1) is 37.7. The fourth-order valence-corrected chi connectivity index (χ4v) is 4.30. The summed E-state index contributed by atoms with van der Waals surface area (Å²) in [4.78, 5) is 65.0. The van der Waals surface area contributed by atoms with Gasteiger partial charge in [-0.3, -0.25) is 19.7 Å². The lowest BCUT2D eigenvalue weighted by molar-refractivity contribution is -0.384. The summed E-state index contributed by atoms with van der Waals surface area (Å²) in [5.74, 6) is -2.65. The van der Waals surface area contributed by atoms with Crippen LogP contribution in [0.4, 0.5) is 10.5 Å². The number of esters is 3. The molecule has 252 valence electrons. The van der Waals surface area contributed by atoms with E-state index in [2.05, 4.69) is 5.32 Å². The zero-order chi connectivity index (χ0) is 34.9. The maximum absolute atomic E-state index is 14.1. The first-order valence-electron chi connectivity index (χ1n) is 15.0. The number of nitro benzene ring substituents is 1. The van der Waals surface area contributed by atoms with Crippen molar-refractivity contribution in [2.24, 2.45) is 5.41 Å². The van der Waals surface area contributed by atoms with Gasteiger partial charge in [-0.1, -0.05) is 42.5 Å². The van der Waals surface area contributed by atoms with Gasteiger partial charge in [0.25, 0.3) is 5.69 Å². The largest absolute Gasteiger partial charge is 0.460 e. The third kappa shape index (κ3) is 12.5. The molecule has 1 amide bonds. The molecule has 0 fully saturated rings. The average Bonchev–Trinajstić information content (AvgIpc) is 2.91. The van der Waals surface area contributed by atoms with Crippen molar-refractivity contribution in [2.45, 2.75) is 111 Å². The number of rotatable bonds is 12. The van der Waals surface area contributed by atoms with E-state index in [-0.39, 0.29) is 31.6 Å². The summed E-state index contributed by atoms with van der Waals surface area (Å²) in [6.07, 6.45) is -1.75. The molecule has 12 heteroatoms. The molecule has 0 aliphatic carbocycles. The molecule has 2 aromatic rings. The molecule has 1 N–H and O–H groups in total. The summed E-state index contributed by atoms with van der Waals surface area (Å²) in [6, 6.07) is 12.9. The number of nitro groups is 1. The Hall–Kier alpha value is -4.48. The van der Waals surface area contributed by atoms with Crippen LogP contribution in [0.3, 0.4) is 0 Å². The van der Waals surface area contributed by atoms with Crippen molar-refractivity contribution < 1.29 is 43.0 Å². The van der Waals surface area contributed by atoms with Gasteiger partial charge >= 0.3 is 24.0 Å². The van der Waals surface area contributed by atoms with E-state index in [4.69, 9.17) is 18.9 Å². The molecule has 2 rings (SSSR count). The van der Waals surface area contributed by atoms with E-state index >= 15 is 0 Å². The highest BCUT2D eigenvalue weighted by Gasteiger charge is 2.51. The molecule has 0 saturated carbocycles. The van der Waals surface area contributed by atoms with Crippen molar-refractivity contribution in [1.29, 1.82) is 0 Å². The highest BCUT2D eigenvalue weighted by molar-refractivity contribution is 6.00. The van der Waals surface area contributed by atoms with Crippen LogP contribution in [0, 0.1) is 15.5 Å². The molecule has 2 aromatic carbocycles. The van der Waals surface area contributed by atoms with Crippen LogP contribution >= 0.6 is 0 Å². The zero-order valence-corrected chi connectivity index (χ0v) is 28.1. The molecule has 0 radical (unpaired) electrons. The lowest BCUT2D eigenvalue weighted by atomic mass is 9.76. The number of hydrogen-bond donors (Lipinski definition) is 1. The zero-order valence-electron chi connectivity index (χ0n) is 28.1. The predicted octanol–water partition coefficient (Wildman–Crippen LogP) is 6.22. The third-order valence-corrected chi connectivity index (χ3v) is 6.29. The Bertz CT molecular complexity index is 1370. The Labute approximate surface area is 270 Å². The standard InChI is InChI=1S/C34H46N2O10/c1-31(2,3)44-27(37)26(35-30(40)46-33(7,8)9)19-20-34(29(39)45-32(4,5)6,21-23-15-17-25(18-16-23)36(41)42)28(38)43-22-24-13-11-10-12-14-24/h10-18,26H,19-22H2,1-9H3,(H,35,40)/t26-,34-/m0/s1. The fraction of sp³-hybridized carbons (Fsp3) is 0.529. The van der Waals surface area contributed by atoms with E-state index in [1.54, 1.807) is 92.6 Å². The maximum Gasteiger partial charge on any atom is 0.408 e. The molecule has 0 spiro atoms. The van der Waals surface area contributed by atoms with E-state index in [1.807, 2.05) is 0 Å². The van der Waals surface area contributed by atoms with Crippen molar-refractivity contribution in [3.05, 3.63) is 75.8 Å². The number of carbonyl (C=O) groups excluding carboxylic acids is 4. The monoisotopic (exact) mass is 642 g/mol. The van der Waals surface area contributed by atoms with Crippen molar-refractivity contribution in [2.75, 3.05) is 0 Å². The highest BCUT2D eigenvalue weighted by Crippen LogP contribution is 2.36. The van der Waals surface area contributed by atoms with Crippen LogP contribution in [0.15, 0.2) is 54.6 Å². The second kappa shape index (κ2) is 15.2. The van der Waals surface area contributed by atoms with Crippen LogP contribution in [0.1, 0.15) is 86.3 Å². The summed E-state index contributed by atoms with van der Waals surface area (Å²) in [6.45, 7) is 14.7. The Morgan fingerprint density at radius 2 is 1.28 bits per heavy atom. The molecular formula is C34H46N2O10. The van der Waals surface area contributed by atoms with Gasteiger partial charge in [-0.25, -0.2) is 9.59 Å². The number of benzene rings is 2. The number of amides is 1. The normalized spacial score (nSPS) is 13.8. The Morgan fingerprint density at radius 3 is 1.78 bits per heavy atom. The summed E-state index contributed by atoms with van der Waals surface area (Å²) >= 11 is 0. The van der Waals surface area contributed by atoms with Gasteiger partial charge in [-0.15, -0.1) is 0 Å². The van der Waals surface area contributed by atoms with Crippen LogP contribution in [-0.4, -0.2) is 51.8 Å². The van der Waals surface area contributed by atoms with Gasteiger partial charge < -0.3 is 24.3 Å². The summed E-state index contributed by atoms with van der Waals surface area (Å²) in [5, 5.41) is 13.8. The van der Waals surface area contributed by atoms with Crippen molar-refractivity contribution >= 4 is 29.7 Å². The van der Waals surface area contributed by atoms with Crippen molar-refractivity contribution in [1.82, 2.24) is 5.32 Å². The third-order valence-electron chi connectivity index (χ3n) is 6.29. The van der Waals surface area contributed by atoms with Gasteiger partial charge in [0.05, 0.1) is 4.92 Å². The molecule has 46 heavy (non-hydrogen) atoms. The minimum Gasteiger partial charge on any atom is -0.460 e. The number of nitrogens with zero attached hydrogens (tertiary/aromatic N) is 1. The number of carbonyl (C=O) groups is 4. The first-order chi connectivity index (χ1) is 21.1. The SMILES string of the molecule is CC(C)(C)OC(=O)N[C@@H](CC[C@](Cc1ccc([N+](=O)[O-])cc1)(C(=O)OCc1ccccc1)C(=O)OC(C)(C)C)C(=O)OC(C)(C)C. The minimum absolute atomic E-state index is 0.157. The number of non-ortho nitro benzene ring substituents is 1. The molecule has 0 aliphatic heterocycles. The van der Waals surface area contributed by atoms with Crippen LogP contribution < -0.4 is 5.32 Å². The number of alkyl carbamates (subject to hydrolysis) is 1. The Morgan fingerprint density at radius 1 is 0.739 bits per heavy atom. The van der Waals surface area contributed by atoms with Crippen LogP contribution in [0.2, 0.25) is 0 Å². The van der Waals surface area contributed by atoms with Crippen molar-refractivity contribution in [3.63, 3.8) is 0 Å². The van der Waals surface area contributed by atoms with Crippen LogP contribution in [-0.2, 0) is 46.4 Å². The lowest BCUT2D eigenvalue weighted by Gasteiger charge is -2.34. The quantitative estimate of drug-likeness (QED) is 0.0925. The molecule has 0 bridgehead atoms. The minimum atomic E-state index is -2.03. The summed E-state index contributed by atoms with van der Waals surface area (Å²) < 4.78 is 22.4. The highest BCUT2D eigenvalue weighted by atomic mass is 16.6. The summed E-state index contributed by atoms with van der Waals surface area (Å²) in [7, 11) is 0. The molecular weight excluding hydrogens is 596 g/mol. The van der Waals surface area contributed by atoms with Gasteiger partial charge in [0, 0.05) is 12.1 Å². The molecule has 0 heterocycles. The van der Waals surface area contributed by atoms with Gasteiger partial charge in [-0.05, 0) is 92.7 Å². The predicted molar refractivity (Wildman–Crippen MR) is 170 cm³/mol. The second-order valence-corrected chi connectivity index (χ2v) is 14.0. The molecule has 0 unspecified atom stereocenters. The smallest absolute Gasteiger partial charge is 0.408 e. The van der Waals surface area contributed by atoms with Crippen LogP contribution in [0.25, 0.3) is 0 Å². The van der Waals surface area contributed by atoms with Gasteiger partial charge in [0.1, 0.15) is 29.5 Å². The molecule has 0 aliphatic rings. The Balaban J connectivity index is 2.61. The van der Waals surface area contributed by atoms with Crippen LogP contribution in [0.5, 0.6) is 0 Å².